The van der Waals surface area contributed by atoms with Crippen LogP contribution < -0.4 is 4.72 Å². The minimum absolute atomic E-state index is 0.172. The lowest BCUT2D eigenvalue weighted by atomic mass is 10.1. The van der Waals surface area contributed by atoms with Gasteiger partial charge in [-0.2, -0.15) is 13.1 Å². The fourth-order valence-electron chi connectivity index (χ4n) is 6.95. The van der Waals surface area contributed by atoms with E-state index in [1.165, 1.54) is 173 Å². The Morgan fingerprint density at radius 1 is 0.547 bits per heavy atom. The predicted molar refractivity (Wildman–Crippen MR) is 228 cm³/mol. The summed E-state index contributed by atoms with van der Waals surface area (Å²) in [6.45, 7) is 9.32. The molecule has 0 aromatic heterocycles. The molecule has 0 saturated carbocycles. The molecule has 0 bridgehead atoms. The first kappa shape index (κ1) is 50.2. The van der Waals surface area contributed by atoms with Crippen molar-refractivity contribution < 1.29 is 22.1 Å². The molecule has 1 heterocycles. The number of rotatable bonds is 42. The molecule has 53 heavy (non-hydrogen) atoms. The van der Waals surface area contributed by atoms with Crippen LogP contribution in [-0.2, 0) is 24.0 Å². The number of allylic oxidation sites excluding steroid dienone is 4. The van der Waals surface area contributed by atoms with Gasteiger partial charge < -0.3 is 14.4 Å². The molecule has 0 aliphatic carbocycles. The monoisotopic (exact) mass is 769 g/mol. The van der Waals surface area contributed by atoms with Gasteiger partial charge in [-0.1, -0.05) is 154 Å². The Balaban J connectivity index is 2.16. The van der Waals surface area contributed by atoms with Crippen LogP contribution in [0.4, 0.5) is 0 Å². The van der Waals surface area contributed by atoms with E-state index in [9.17, 15) is 8.42 Å². The van der Waals surface area contributed by atoms with Crippen molar-refractivity contribution in [3.8, 4) is 0 Å². The van der Waals surface area contributed by atoms with Gasteiger partial charge in [-0.15, -0.1) is 0 Å². The van der Waals surface area contributed by atoms with Crippen LogP contribution >= 0.6 is 0 Å². The van der Waals surface area contributed by atoms with Gasteiger partial charge in [0.05, 0.1) is 19.3 Å². The largest absolute Gasteiger partial charge is 0.379 e. The van der Waals surface area contributed by atoms with Crippen LogP contribution in [0.2, 0.25) is 0 Å². The number of unbranched alkanes of at least 4 members (excludes halogenated alkanes) is 24. The highest BCUT2D eigenvalue weighted by Gasteiger charge is 2.18. The Labute approximate surface area is 330 Å². The summed E-state index contributed by atoms with van der Waals surface area (Å²) >= 11 is 0. The summed E-state index contributed by atoms with van der Waals surface area (Å²) in [5, 5.41) is 0. The Morgan fingerprint density at radius 3 is 1.43 bits per heavy atom. The molecule has 1 rings (SSSR count). The first-order valence-corrected chi connectivity index (χ1v) is 24.3. The molecular weight excluding hydrogens is 681 g/mol. The van der Waals surface area contributed by atoms with Crippen molar-refractivity contribution in [1.29, 1.82) is 0 Å². The molecule has 7 nitrogen and oxygen atoms in total. The van der Waals surface area contributed by atoms with E-state index in [-0.39, 0.29) is 19.3 Å². The van der Waals surface area contributed by atoms with Crippen molar-refractivity contribution in [2.75, 3.05) is 52.6 Å². The number of ether oxygens (including phenoxy) is 2. The van der Waals surface area contributed by atoms with Crippen LogP contribution in [-0.4, -0.2) is 72.0 Å². The van der Waals surface area contributed by atoms with Crippen LogP contribution in [0.15, 0.2) is 24.3 Å². The Bertz CT molecular complexity index is 907. The fourth-order valence-corrected chi connectivity index (χ4v) is 7.72. The second-order valence-corrected chi connectivity index (χ2v) is 17.0. The highest BCUT2D eigenvalue weighted by Crippen LogP contribution is 2.13. The molecule has 0 amide bonds. The van der Waals surface area contributed by atoms with Crippen molar-refractivity contribution in [3.63, 3.8) is 0 Å². The van der Waals surface area contributed by atoms with Crippen LogP contribution in [0.25, 0.3) is 0 Å². The van der Waals surface area contributed by atoms with Gasteiger partial charge in [-0.25, -0.2) is 0 Å². The lowest BCUT2D eigenvalue weighted by Crippen LogP contribution is -2.38. The number of likely N-dealkylation sites (tertiary alicyclic amines) is 1. The Hall–Kier alpha value is -0.770. The Morgan fingerprint density at radius 2 is 0.962 bits per heavy atom. The van der Waals surface area contributed by atoms with Crippen molar-refractivity contribution in [3.05, 3.63) is 24.3 Å². The van der Waals surface area contributed by atoms with Gasteiger partial charge in [0, 0.05) is 26.3 Å². The second kappa shape index (κ2) is 39.5. The van der Waals surface area contributed by atoms with Crippen molar-refractivity contribution in [2.24, 2.45) is 0 Å². The third-order valence-electron chi connectivity index (χ3n) is 10.4. The molecule has 314 valence electrons. The van der Waals surface area contributed by atoms with E-state index in [1.54, 1.807) is 0 Å². The molecule has 1 saturated heterocycles. The zero-order chi connectivity index (χ0) is 38.2. The maximum absolute atomic E-state index is 12.5. The molecule has 1 fully saturated rings. The highest BCUT2D eigenvalue weighted by atomic mass is 32.2. The second-order valence-electron chi connectivity index (χ2n) is 15.6. The van der Waals surface area contributed by atoms with E-state index in [0.717, 1.165) is 32.4 Å². The topological polar surface area (TPSA) is 77.1 Å². The number of hydrogen-bond donors (Lipinski definition) is 1. The van der Waals surface area contributed by atoms with E-state index in [2.05, 4.69) is 47.8 Å². The number of hydrogen-bond acceptors (Lipinski definition) is 6. The number of nitrogens with one attached hydrogen (secondary N) is 1. The van der Waals surface area contributed by atoms with E-state index in [4.69, 9.17) is 13.7 Å². The lowest BCUT2D eigenvalue weighted by molar-refractivity contribution is -0.0155. The van der Waals surface area contributed by atoms with Gasteiger partial charge in [0.2, 0.25) is 0 Å². The summed E-state index contributed by atoms with van der Waals surface area (Å²) < 4.78 is 45.0. The SMILES string of the molecule is CCCCCCCCC=CCCCCCCCCOCC(CNS(=O)(=O)OCCN1CCCC1)OCCCCCCCCC=CCCCCCCCC. The fraction of sp³-hybridized carbons (Fsp3) is 0.911. The summed E-state index contributed by atoms with van der Waals surface area (Å²) in [4.78, 5) is 2.25. The molecule has 1 unspecified atom stereocenters. The van der Waals surface area contributed by atoms with Crippen LogP contribution in [0.5, 0.6) is 0 Å². The molecule has 1 atom stereocenters. The maximum Gasteiger partial charge on any atom is 0.335 e. The lowest BCUT2D eigenvalue weighted by Gasteiger charge is -2.19. The summed E-state index contributed by atoms with van der Waals surface area (Å²) in [7, 11) is -3.81. The van der Waals surface area contributed by atoms with Gasteiger partial charge >= 0.3 is 10.3 Å². The average molecular weight is 769 g/mol. The van der Waals surface area contributed by atoms with Gasteiger partial charge in [-0.05, 0) is 90.1 Å². The van der Waals surface area contributed by atoms with E-state index in [1.807, 2.05) is 0 Å². The smallest absolute Gasteiger partial charge is 0.335 e. The average Bonchev–Trinajstić information content (AvgIpc) is 3.67. The normalized spacial score (nSPS) is 14.8. The van der Waals surface area contributed by atoms with E-state index >= 15 is 0 Å². The summed E-state index contributed by atoms with van der Waals surface area (Å²) in [6, 6.07) is 0. The molecule has 8 heteroatoms. The van der Waals surface area contributed by atoms with Gasteiger partial charge in [0.25, 0.3) is 0 Å². The summed E-state index contributed by atoms with van der Waals surface area (Å²) in [5.41, 5.74) is 0. The number of nitrogens with zero attached hydrogens (tertiary/aromatic N) is 1. The van der Waals surface area contributed by atoms with Gasteiger partial charge in [0.15, 0.2) is 0 Å². The third kappa shape index (κ3) is 36.6. The van der Waals surface area contributed by atoms with Gasteiger partial charge in [0.1, 0.15) is 0 Å². The quantitative estimate of drug-likeness (QED) is 0.0492. The van der Waals surface area contributed by atoms with Crippen molar-refractivity contribution in [1.82, 2.24) is 9.62 Å². The molecule has 0 spiro atoms. The van der Waals surface area contributed by atoms with Crippen molar-refractivity contribution >= 4 is 10.3 Å². The zero-order valence-corrected chi connectivity index (χ0v) is 36.0. The minimum atomic E-state index is -3.81. The summed E-state index contributed by atoms with van der Waals surface area (Å²) in [6.07, 6.45) is 47.5. The minimum Gasteiger partial charge on any atom is -0.379 e. The standard InChI is InChI=1S/C45H88N2O5S/c1-3-5-7-9-11-13-15-17-19-21-23-25-27-29-31-35-40-50-44-45(43-46-53(48,49)52-42-39-47-37-33-34-38-47)51-41-36-32-30-28-26-24-22-20-18-16-14-12-10-8-6-4-2/h17-20,45-46H,3-16,21-44H2,1-2H3. The molecule has 1 N–H and O–H groups in total. The Kier molecular flexibility index (Phi) is 37.4. The molecular formula is C45H88N2O5S. The first-order chi connectivity index (χ1) is 26.1. The van der Waals surface area contributed by atoms with Crippen LogP contribution in [0.1, 0.15) is 206 Å². The van der Waals surface area contributed by atoms with E-state index in [0.29, 0.717) is 26.4 Å². The van der Waals surface area contributed by atoms with Crippen LogP contribution in [0.3, 0.4) is 0 Å². The van der Waals surface area contributed by atoms with Crippen LogP contribution in [0, 0.1) is 0 Å². The third-order valence-corrected chi connectivity index (χ3v) is 11.4. The van der Waals surface area contributed by atoms with Crippen molar-refractivity contribution in [2.45, 2.75) is 213 Å². The molecule has 1 aliphatic rings. The molecule has 1 aliphatic heterocycles. The molecule has 0 aromatic carbocycles. The summed E-state index contributed by atoms with van der Waals surface area (Å²) in [5.74, 6) is 0. The molecule has 0 aromatic rings. The predicted octanol–water partition coefficient (Wildman–Crippen LogP) is 12.4. The molecule has 0 radical (unpaired) electrons. The maximum atomic E-state index is 12.5. The zero-order valence-electron chi connectivity index (χ0n) is 35.2. The van der Waals surface area contributed by atoms with E-state index < -0.39 is 10.3 Å². The first-order valence-electron chi connectivity index (χ1n) is 22.9. The highest BCUT2D eigenvalue weighted by molar-refractivity contribution is 7.84. The van der Waals surface area contributed by atoms with Gasteiger partial charge in [-0.3, -0.25) is 4.18 Å².